The normalized spacial score (nSPS) is 19.3. The Kier molecular flexibility index (Phi) is 8.02. The summed E-state index contributed by atoms with van der Waals surface area (Å²) in [5.41, 5.74) is 1.13. The predicted octanol–water partition coefficient (Wildman–Crippen LogP) is 5.01. The predicted molar refractivity (Wildman–Crippen MR) is 132 cm³/mol. The number of fused-ring (bicyclic) bond motifs is 1. The molecule has 2 rings (SSSR count). The van der Waals surface area contributed by atoms with Crippen LogP contribution in [0, 0.1) is 3.57 Å². The fourth-order valence-corrected chi connectivity index (χ4v) is 5.64. The molecule has 1 aromatic rings. The molecule has 0 N–H and O–H groups in total. The number of carbonyl (C=O) groups is 1. The van der Waals surface area contributed by atoms with E-state index in [4.69, 9.17) is 9.16 Å². The average Bonchev–Trinajstić information content (AvgIpc) is 3.01. The van der Waals surface area contributed by atoms with Gasteiger partial charge in [0.25, 0.3) is 0 Å². The van der Waals surface area contributed by atoms with Crippen molar-refractivity contribution in [3.63, 3.8) is 0 Å². The number of methoxy groups -OCH3 is 1. The summed E-state index contributed by atoms with van der Waals surface area (Å²) in [6.45, 7) is 13.7. The van der Waals surface area contributed by atoms with Crippen LogP contribution in [0.3, 0.4) is 0 Å². The van der Waals surface area contributed by atoms with Crippen LogP contribution in [0.2, 0.25) is 18.1 Å². The van der Waals surface area contributed by atoms with Gasteiger partial charge in [0.1, 0.15) is 5.69 Å². The highest BCUT2D eigenvalue weighted by atomic mass is 127. The number of Topliss-reactive ketones (excluding diaryl/α,β-unsaturated/α-hetero) is 1. The summed E-state index contributed by atoms with van der Waals surface area (Å²) >= 11 is 2.11. The van der Waals surface area contributed by atoms with E-state index in [0.29, 0.717) is 22.3 Å². The maximum atomic E-state index is 13.1. The molecule has 6 nitrogen and oxygen atoms in total. The number of aromatic nitrogens is 1. The average molecular weight is 549 g/mol. The van der Waals surface area contributed by atoms with Crippen molar-refractivity contribution in [2.45, 2.75) is 77.2 Å². The second kappa shape index (κ2) is 9.42. The number of rotatable bonds is 8. The molecule has 170 valence electrons. The van der Waals surface area contributed by atoms with E-state index in [2.05, 4.69) is 65.9 Å². The third-order valence-electron chi connectivity index (χ3n) is 6.53. The van der Waals surface area contributed by atoms with Gasteiger partial charge in [-0.05, 0) is 67.7 Å². The topological polar surface area (TPSA) is 60.8 Å². The fourth-order valence-electron chi connectivity index (χ4n) is 3.73. The van der Waals surface area contributed by atoms with Crippen LogP contribution < -0.4 is 10.2 Å². The summed E-state index contributed by atoms with van der Waals surface area (Å²) in [5.74, 6) is 0.124. The van der Waals surface area contributed by atoms with E-state index in [0.717, 1.165) is 18.5 Å². The minimum absolute atomic E-state index is 0.0136. The highest BCUT2D eigenvalue weighted by Gasteiger charge is 2.42. The second-order valence-electron chi connectivity index (χ2n) is 9.89. The van der Waals surface area contributed by atoms with Gasteiger partial charge in [0.15, 0.2) is 19.9 Å². The molecule has 0 saturated heterocycles. The maximum Gasteiger partial charge on any atom is 0.237 e. The molecule has 0 unspecified atom stereocenters. The van der Waals surface area contributed by atoms with E-state index in [1.807, 2.05) is 21.0 Å². The number of ketones is 1. The molecule has 0 fully saturated rings. The molecule has 0 radical (unpaired) electrons. The van der Waals surface area contributed by atoms with Gasteiger partial charge in [-0.3, -0.25) is 9.59 Å². The van der Waals surface area contributed by atoms with Crippen molar-refractivity contribution in [2.75, 3.05) is 27.8 Å². The standard InChI is InChI=1S/C22H37IN2O4Si/c1-10-11-16(26)19-21(28-7)20(27)17(23)18-15(24(5)6)12-14(25(18)19)13-29-30(8,9)22(2,3)4/h14-15H,10-13H2,1-9H3/t14-,15+/m0/s1. The minimum atomic E-state index is -1.96. The Bertz CT molecular complexity index is 858. The Balaban J connectivity index is 2.67. The number of ether oxygens (including phenoxy) is 1. The van der Waals surface area contributed by atoms with Gasteiger partial charge in [0.05, 0.1) is 35.1 Å². The zero-order valence-corrected chi connectivity index (χ0v) is 23.0. The van der Waals surface area contributed by atoms with Crippen molar-refractivity contribution in [2.24, 2.45) is 0 Å². The van der Waals surface area contributed by atoms with E-state index in [1.165, 1.54) is 7.11 Å². The Morgan fingerprint density at radius 2 is 1.90 bits per heavy atom. The summed E-state index contributed by atoms with van der Waals surface area (Å²) in [6.07, 6.45) is 1.91. The van der Waals surface area contributed by atoms with Gasteiger partial charge in [-0.15, -0.1) is 0 Å². The summed E-state index contributed by atoms with van der Waals surface area (Å²) < 4.78 is 14.8. The van der Waals surface area contributed by atoms with Crippen LogP contribution in [-0.4, -0.2) is 51.4 Å². The van der Waals surface area contributed by atoms with Crippen molar-refractivity contribution in [3.8, 4) is 5.75 Å². The Hall–Kier alpha value is -0.713. The van der Waals surface area contributed by atoms with Crippen LogP contribution in [0.1, 0.15) is 75.2 Å². The monoisotopic (exact) mass is 548 g/mol. The highest BCUT2D eigenvalue weighted by molar-refractivity contribution is 14.1. The zero-order valence-electron chi connectivity index (χ0n) is 19.9. The van der Waals surface area contributed by atoms with E-state index < -0.39 is 8.32 Å². The molecule has 1 aliphatic rings. The summed E-state index contributed by atoms with van der Waals surface area (Å²) in [4.78, 5) is 28.3. The molecule has 0 saturated carbocycles. The van der Waals surface area contributed by atoms with Crippen LogP contribution in [0.4, 0.5) is 0 Å². The molecule has 2 heterocycles. The van der Waals surface area contributed by atoms with Crippen molar-refractivity contribution in [1.29, 1.82) is 0 Å². The van der Waals surface area contributed by atoms with Crippen molar-refractivity contribution in [3.05, 3.63) is 25.2 Å². The molecule has 0 aromatic carbocycles. The highest BCUT2D eigenvalue weighted by Crippen LogP contribution is 2.44. The van der Waals surface area contributed by atoms with E-state index in [9.17, 15) is 9.59 Å². The molecular weight excluding hydrogens is 511 g/mol. The van der Waals surface area contributed by atoms with Gasteiger partial charge >= 0.3 is 0 Å². The van der Waals surface area contributed by atoms with E-state index in [-0.39, 0.29) is 34.1 Å². The fraction of sp³-hybridized carbons (Fsp3) is 0.727. The van der Waals surface area contributed by atoms with Crippen LogP contribution >= 0.6 is 22.6 Å². The third kappa shape index (κ3) is 4.71. The van der Waals surface area contributed by atoms with Gasteiger partial charge in [-0.1, -0.05) is 27.7 Å². The molecule has 0 spiro atoms. The van der Waals surface area contributed by atoms with Crippen molar-refractivity contribution >= 4 is 36.7 Å². The lowest BCUT2D eigenvalue weighted by atomic mass is 10.1. The first-order valence-corrected chi connectivity index (χ1v) is 14.6. The number of carbonyl (C=O) groups excluding carboxylic acids is 1. The Morgan fingerprint density at radius 1 is 1.30 bits per heavy atom. The van der Waals surface area contributed by atoms with Gasteiger partial charge in [0, 0.05) is 6.42 Å². The second-order valence-corrected chi connectivity index (χ2v) is 15.8. The molecule has 0 aliphatic carbocycles. The van der Waals surface area contributed by atoms with Crippen LogP contribution in [0.5, 0.6) is 5.75 Å². The smallest absolute Gasteiger partial charge is 0.237 e. The van der Waals surface area contributed by atoms with E-state index >= 15 is 0 Å². The third-order valence-corrected chi connectivity index (χ3v) is 12.1. The van der Waals surface area contributed by atoms with Gasteiger partial charge < -0.3 is 18.6 Å². The number of nitrogens with zero attached hydrogens (tertiary/aromatic N) is 2. The lowest BCUT2D eigenvalue weighted by Crippen LogP contribution is -2.42. The molecule has 8 heteroatoms. The van der Waals surface area contributed by atoms with Crippen LogP contribution in [0.25, 0.3) is 0 Å². The van der Waals surface area contributed by atoms with Crippen molar-refractivity contribution < 1.29 is 14.0 Å². The van der Waals surface area contributed by atoms with Crippen LogP contribution in [-0.2, 0) is 4.43 Å². The SMILES string of the molecule is CCCC(=O)c1c(OC)c(=O)c(I)c2n1[C@H](CO[Si](C)(C)C(C)(C)C)C[C@H]2N(C)C. The summed E-state index contributed by atoms with van der Waals surface area (Å²) in [7, 11) is 3.55. The maximum absolute atomic E-state index is 13.1. The first kappa shape index (κ1) is 25.5. The molecule has 30 heavy (non-hydrogen) atoms. The number of halogens is 1. The molecule has 2 atom stereocenters. The minimum Gasteiger partial charge on any atom is -0.491 e. The largest absolute Gasteiger partial charge is 0.491 e. The summed E-state index contributed by atoms with van der Waals surface area (Å²) in [6, 6.07) is 0.0389. The van der Waals surface area contributed by atoms with E-state index in [1.54, 1.807) is 0 Å². The quantitative estimate of drug-likeness (QED) is 0.260. The molecular formula is C22H37IN2O4Si. The van der Waals surface area contributed by atoms with Crippen molar-refractivity contribution in [1.82, 2.24) is 9.47 Å². The van der Waals surface area contributed by atoms with Gasteiger partial charge in [-0.2, -0.15) is 0 Å². The number of pyridine rings is 1. The number of hydrogen-bond donors (Lipinski definition) is 0. The Morgan fingerprint density at radius 3 is 2.37 bits per heavy atom. The van der Waals surface area contributed by atoms with Crippen LogP contribution in [0.15, 0.2) is 4.79 Å². The molecule has 1 aromatic heterocycles. The van der Waals surface area contributed by atoms with Gasteiger partial charge in [-0.25, -0.2) is 0 Å². The first-order chi connectivity index (χ1) is 13.8. The molecule has 1 aliphatic heterocycles. The lowest BCUT2D eigenvalue weighted by Gasteiger charge is -2.37. The molecule has 0 amide bonds. The first-order valence-electron chi connectivity index (χ1n) is 10.6. The molecule has 0 bridgehead atoms. The zero-order chi connectivity index (χ0) is 23.0. The lowest BCUT2D eigenvalue weighted by molar-refractivity contribution is 0.0963. The Labute approximate surface area is 195 Å². The van der Waals surface area contributed by atoms with Gasteiger partial charge in [0.2, 0.25) is 5.43 Å². The summed E-state index contributed by atoms with van der Waals surface area (Å²) in [5, 5.41) is 0.103. The number of hydrogen-bond acceptors (Lipinski definition) is 5.